The lowest BCUT2D eigenvalue weighted by Gasteiger charge is -2.18. The van der Waals surface area contributed by atoms with Crippen LogP contribution in [-0.2, 0) is 4.74 Å². The number of aromatic amines is 1. The minimum absolute atomic E-state index is 0.266. The Kier molecular flexibility index (Phi) is 7.14. The Morgan fingerprint density at radius 2 is 1.66 bits per heavy atom. The number of ether oxygens (including phenoxy) is 4. The Labute approximate surface area is 170 Å². The van der Waals surface area contributed by atoms with Crippen molar-refractivity contribution in [1.29, 1.82) is 0 Å². The number of methoxy groups -OCH3 is 3. The molecular formula is C21H28N2O6. The van der Waals surface area contributed by atoms with E-state index in [2.05, 4.69) is 10.3 Å². The highest BCUT2D eigenvalue weighted by Gasteiger charge is 2.24. The highest BCUT2D eigenvalue weighted by atomic mass is 16.5. The molecule has 8 nitrogen and oxygen atoms in total. The predicted molar refractivity (Wildman–Crippen MR) is 108 cm³/mol. The SMILES string of the molecule is CCOC(=O)c1c(C)[nH]c(C(=O)NC(C)c2cc(OC)c(OC)c(OC)c2)c1C. The Hall–Kier alpha value is -3.16. The first-order chi connectivity index (χ1) is 13.8. The summed E-state index contributed by atoms with van der Waals surface area (Å²) in [6.45, 7) is 7.30. The number of rotatable bonds is 8. The van der Waals surface area contributed by atoms with E-state index < -0.39 is 5.97 Å². The molecule has 0 saturated heterocycles. The highest BCUT2D eigenvalue weighted by Crippen LogP contribution is 2.39. The number of nitrogens with one attached hydrogen (secondary N) is 2. The van der Waals surface area contributed by atoms with Gasteiger partial charge in [0.2, 0.25) is 5.75 Å². The fraction of sp³-hybridized carbons (Fsp3) is 0.429. The molecule has 0 aliphatic carbocycles. The van der Waals surface area contributed by atoms with Crippen molar-refractivity contribution in [1.82, 2.24) is 10.3 Å². The van der Waals surface area contributed by atoms with Crippen LogP contribution in [0.3, 0.4) is 0 Å². The van der Waals surface area contributed by atoms with Gasteiger partial charge in [-0.2, -0.15) is 0 Å². The number of aryl methyl sites for hydroxylation is 1. The summed E-state index contributed by atoms with van der Waals surface area (Å²) in [5.74, 6) is 0.698. The van der Waals surface area contributed by atoms with Crippen LogP contribution in [0.25, 0.3) is 0 Å². The van der Waals surface area contributed by atoms with E-state index in [0.717, 1.165) is 5.56 Å². The first-order valence-electron chi connectivity index (χ1n) is 9.25. The highest BCUT2D eigenvalue weighted by molar-refractivity contribution is 6.00. The van der Waals surface area contributed by atoms with Crippen molar-refractivity contribution >= 4 is 11.9 Å². The van der Waals surface area contributed by atoms with Gasteiger partial charge in [-0.05, 0) is 51.0 Å². The molecule has 2 rings (SSSR count). The van der Waals surface area contributed by atoms with Crippen LogP contribution in [0.5, 0.6) is 17.2 Å². The second-order valence-electron chi connectivity index (χ2n) is 6.50. The second kappa shape index (κ2) is 9.36. The second-order valence-corrected chi connectivity index (χ2v) is 6.50. The molecule has 1 atom stereocenters. The smallest absolute Gasteiger partial charge is 0.340 e. The molecule has 8 heteroatoms. The van der Waals surface area contributed by atoms with E-state index in [4.69, 9.17) is 18.9 Å². The quantitative estimate of drug-likeness (QED) is 0.655. The average Bonchev–Trinajstić information content (AvgIpc) is 3.00. The van der Waals surface area contributed by atoms with Gasteiger partial charge in [-0.25, -0.2) is 4.79 Å². The summed E-state index contributed by atoms with van der Waals surface area (Å²) in [6.07, 6.45) is 0. The van der Waals surface area contributed by atoms with Gasteiger partial charge >= 0.3 is 5.97 Å². The lowest BCUT2D eigenvalue weighted by Crippen LogP contribution is -2.27. The van der Waals surface area contributed by atoms with Gasteiger partial charge in [-0.3, -0.25) is 4.79 Å². The number of amides is 1. The monoisotopic (exact) mass is 404 g/mol. The van der Waals surface area contributed by atoms with E-state index in [1.54, 1.807) is 32.9 Å². The molecular weight excluding hydrogens is 376 g/mol. The number of carbonyl (C=O) groups is 2. The Morgan fingerprint density at radius 3 is 2.14 bits per heavy atom. The third-order valence-corrected chi connectivity index (χ3v) is 4.68. The van der Waals surface area contributed by atoms with Gasteiger partial charge in [-0.15, -0.1) is 0 Å². The molecule has 2 N–H and O–H groups in total. The van der Waals surface area contributed by atoms with Crippen molar-refractivity contribution in [3.05, 3.63) is 40.2 Å². The maximum absolute atomic E-state index is 12.8. The van der Waals surface area contributed by atoms with Crippen molar-refractivity contribution in [3.63, 3.8) is 0 Å². The molecule has 29 heavy (non-hydrogen) atoms. The third-order valence-electron chi connectivity index (χ3n) is 4.68. The molecule has 2 aromatic rings. The molecule has 1 aromatic carbocycles. The van der Waals surface area contributed by atoms with Crippen molar-refractivity contribution in [2.45, 2.75) is 33.7 Å². The zero-order valence-corrected chi connectivity index (χ0v) is 17.9. The van der Waals surface area contributed by atoms with E-state index >= 15 is 0 Å². The van der Waals surface area contributed by atoms with Crippen LogP contribution in [0.15, 0.2) is 12.1 Å². The summed E-state index contributed by atoms with van der Waals surface area (Å²) in [4.78, 5) is 28.0. The molecule has 0 aliphatic rings. The fourth-order valence-electron chi connectivity index (χ4n) is 3.19. The lowest BCUT2D eigenvalue weighted by molar-refractivity contribution is 0.0525. The minimum Gasteiger partial charge on any atom is -0.493 e. The Bertz CT molecular complexity index is 878. The summed E-state index contributed by atoms with van der Waals surface area (Å²) < 4.78 is 21.1. The van der Waals surface area contributed by atoms with Gasteiger partial charge in [0.25, 0.3) is 5.91 Å². The summed E-state index contributed by atoms with van der Waals surface area (Å²) >= 11 is 0. The first kappa shape index (κ1) is 22.1. The minimum atomic E-state index is -0.449. The molecule has 0 aliphatic heterocycles. The van der Waals surface area contributed by atoms with Gasteiger partial charge in [0.1, 0.15) is 5.69 Å². The first-order valence-corrected chi connectivity index (χ1v) is 9.25. The number of hydrogen-bond acceptors (Lipinski definition) is 6. The fourth-order valence-corrected chi connectivity index (χ4v) is 3.19. The van der Waals surface area contributed by atoms with Gasteiger partial charge < -0.3 is 29.2 Å². The molecule has 0 saturated carbocycles. The Balaban J connectivity index is 2.30. The third kappa shape index (κ3) is 4.47. The number of H-pyrrole nitrogens is 1. The van der Waals surface area contributed by atoms with E-state index in [9.17, 15) is 9.59 Å². The molecule has 1 heterocycles. The predicted octanol–water partition coefficient (Wildman–Crippen LogP) is 3.33. The summed E-state index contributed by atoms with van der Waals surface area (Å²) in [5, 5.41) is 2.93. The zero-order valence-electron chi connectivity index (χ0n) is 17.9. The van der Waals surface area contributed by atoms with Gasteiger partial charge in [-0.1, -0.05) is 0 Å². The van der Waals surface area contributed by atoms with Crippen LogP contribution in [0.4, 0.5) is 0 Å². The van der Waals surface area contributed by atoms with Crippen molar-refractivity contribution in [3.8, 4) is 17.2 Å². The van der Waals surface area contributed by atoms with Crippen LogP contribution in [0.1, 0.15) is 57.6 Å². The molecule has 0 bridgehead atoms. The molecule has 1 aromatic heterocycles. The van der Waals surface area contributed by atoms with Crippen LogP contribution < -0.4 is 19.5 Å². The molecule has 1 unspecified atom stereocenters. The molecule has 1 amide bonds. The van der Waals surface area contributed by atoms with Crippen molar-refractivity contribution in [2.75, 3.05) is 27.9 Å². The average molecular weight is 404 g/mol. The molecule has 158 valence electrons. The number of aromatic nitrogens is 1. The molecule has 0 spiro atoms. The van der Waals surface area contributed by atoms with Crippen LogP contribution in [-0.4, -0.2) is 44.8 Å². The van der Waals surface area contributed by atoms with Crippen LogP contribution in [0.2, 0.25) is 0 Å². The Morgan fingerprint density at radius 1 is 1.07 bits per heavy atom. The van der Waals surface area contributed by atoms with Gasteiger partial charge in [0.05, 0.1) is 39.5 Å². The van der Waals surface area contributed by atoms with E-state index in [0.29, 0.717) is 39.8 Å². The molecule has 0 radical (unpaired) electrons. The van der Waals surface area contributed by atoms with E-state index in [-0.39, 0.29) is 18.6 Å². The summed E-state index contributed by atoms with van der Waals surface area (Å²) in [5.41, 5.74) is 2.63. The topological polar surface area (TPSA) is 98.9 Å². The number of carbonyl (C=O) groups excluding carboxylic acids is 2. The standard InChI is InChI=1S/C21H28N2O6/c1-8-29-21(25)17-11(2)18(22-13(17)4)20(24)23-12(3)14-9-15(26-5)19(28-7)16(10-14)27-6/h9-10,12,22H,8H2,1-7H3,(H,23,24). The molecule has 0 fully saturated rings. The number of hydrogen-bond donors (Lipinski definition) is 2. The van der Waals surface area contributed by atoms with Gasteiger partial charge in [0.15, 0.2) is 11.5 Å². The van der Waals surface area contributed by atoms with Gasteiger partial charge in [0, 0.05) is 5.69 Å². The summed E-state index contributed by atoms with van der Waals surface area (Å²) in [6, 6.07) is 3.21. The largest absolute Gasteiger partial charge is 0.493 e. The van der Waals surface area contributed by atoms with E-state index in [1.807, 2.05) is 6.92 Å². The zero-order chi connectivity index (χ0) is 21.7. The maximum Gasteiger partial charge on any atom is 0.340 e. The normalized spacial score (nSPS) is 11.6. The van der Waals surface area contributed by atoms with Crippen molar-refractivity contribution in [2.24, 2.45) is 0 Å². The van der Waals surface area contributed by atoms with Crippen molar-refractivity contribution < 1.29 is 28.5 Å². The van der Waals surface area contributed by atoms with Crippen LogP contribution >= 0.6 is 0 Å². The lowest BCUT2D eigenvalue weighted by atomic mass is 10.1. The van der Waals surface area contributed by atoms with E-state index in [1.165, 1.54) is 21.3 Å². The number of esters is 1. The number of benzene rings is 1. The summed E-state index contributed by atoms with van der Waals surface area (Å²) in [7, 11) is 4.60. The van der Waals surface area contributed by atoms with Crippen LogP contribution in [0, 0.1) is 13.8 Å². The maximum atomic E-state index is 12.8.